The lowest BCUT2D eigenvalue weighted by Crippen LogP contribution is -2.64. The van der Waals surface area contributed by atoms with E-state index < -0.39 is 20.6 Å². The SMILES string of the molecule is CCOC(=O)[C@]1(Br)CC[C@]1(Br)C(=O)OCC. The normalized spacial score (nSPS) is 32.8. The first kappa shape index (κ1) is 14.0. The molecule has 0 saturated heterocycles. The standard InChI is InChI=1S/C10H14Br2O4/c1-3-15-7(13)9(11)5-6-10(9,12)8(14)16-4-2/h3-6H2,1-2H3/t9-,10+. The molecule has 1 aliphatic rings. The van der Waals surface area contributed by atoms with E-state index in [9.17, 15) is 9.59 Å². The van der Waals surface area contributed by atoms with Gasteiger partial charge < -0.3 is 9.47 Å². The molecule has 4 nitrogen and oxygen atoms in total. The minimum atomic E-state index is -0.998. The van der Waals surface area contributed by atoms with E-state index in [-0.39, 0.29) is 13.2 Å². The Morgan fingerprint density at radius 2 is 1.31 bits per heavy atom. The number of hydrogen-bond donors (Lipinski definition) is 0. The molecule has 0 aliphatic heterocycles. The number of carbonyl (C=O) groups is 2. The van der Waals surface area contributed by atoms with Crippen LogP contribution in [-0.2, 0) is 19.1 Å². The molecule has 1 saturated carbocycles. The topological polar surface area (TPSA) is 52.6 Å². The van der Waals surface area contributed by atoms with Gasteiger partial charge in [-0.05, 0) is 26.7 Å². The number of esters is 2. The maximum Gasteiger partial charge on any atom is 0.324 e. The Bertz CT molecular complexity index is 277. The molecule has 2 atom stereocenters. The van der Waals surface area contributed by atoms with Gasteiger partial charge in [-0.3, -0.25) is 9.59 Å². The molecule has 0 aromatic heterocycles. The number of carbonyl (C=O) groups excluding carboxylic acids is 2. The summed E-state index contributed by atoms with van der Waals surface area (Å²) in [7, 11) is 0. The lowest BCUT2D eigenvalue weighted by atomic mass is 9.73. The van der Waals surface area contributed by atoms with Gasteiger partial charge in [0.05, 0.1) is 13.2 Å². The van der Waals surface area contributed by atoms with E-state index in [2.05, 4.69) is 31.9 Å². The highest BCUT2D eigenvalue weighted by Gasteiger charge is 2.67. The molecule has 0 aromatic carbocycles. The van der Waals surface area contributed by atoms with Crippen LogP contribution in [0.3, 0.4) is 0 Å². The molecular weight excluding hydrogens is 344 g/mol. The van der Waals surface area contributed by atoms with Crippen LogP contribution in [0.5, 0.6) is 0 Å². The predicted molar refractivity (Wildman–Crippen MR) is 65.8 cm³/mol. The highest BCUT2D eigenvalue weighted by molar-refractivity contribution is 9.13. The van der Waals surface area contributed by atoms with Crippen molar-refractivity contribution in [2.45, 2.75) is 35.3 Å². The first-order valence-electron chi connectivity index (χ1n) is 5.14. The van der Waals surface area contributed by atoms with Crippen LogP contribution in [0.15, 0.2) is 0 Å². The van der Waals surface area contributed by atoms with Crippen molar-refractivity contribution in [3.8, 4) is 0 Å². The van der Waals surface area contributed by atoms with Crippen molar-refractivity contribution in [3.05, 3.63) is 0 Å². The van der Waals surface area contributed by atoms with Crippen molar-refractivity contribution < 1.29 is 19.1 Å². The Hall–Kier alpha value is -0.100. The van der Waals surface area contributed by atoms with Crippen molar-refractivity contribution in [1.29, 1.82) is 0 Å². The minimum absolute atomic E-state index is 0.290. The van der Waals surface area contributed by atoms with Gasteiger partial charge in [0.25, 0.3) is 0 Å². The van der Waals surface area contributed by atoms with Crippen molar-refractivity contribution in [2.24, 2.45) is 0 Å². The number of rotatable bonds is 4. The van der Waals surface area contributed by atoms with Gasteiger partial charge in [-0.15, -0.1) is 0 Å². The molecule has 0 aromatic rings. The lowest BCUT2D eigenvalue weighted by molar-refractivity contribution is -0.159. The second-order valence-electron chi connectivity index (χ2n) is 3.54. The van der Waals surface area contributed by atoms with Crippen molar-refractivity contribution in [2.75, 3.05) is 13.2 Å². The zero-order valence-electron chi connectivity index (χ0n) is 9.22. The van der Waals surface area contributed by atoms with Gasteiger partial charge in [-0.25, -0.2) is 0 Å². The van der Waals surface area contributed by atoms with Crippen LogP contribution in [0.1, 0.15) is 26.7 Å². The maximum atomic E-state index is 11.8. The van der Waals surface area contributed by atoms with Crippen LogP contribution in [-0.4, -0.2) is 33.8 Å². The fourth-order valence-electron chi connectivity index (χ4n) is 1.58. The van der Waals surface area contributed by atoms with Gasteiger partial charge in [0.1, 0.15) is 8.65 Å². The quantitative estimate of drug-likeness (QED) is 0.571. The van der Waals surface area contributed by atoms with Crippen LogP contribution in [0.2, 0.25) is 0 Å². The van der Waals surface area contributed by atoms with Crippen LogP contribution in [0.25, 0.3) is 0 Å². The first-order chi connectivity index (χ1) is 7.42. The second-order valence-corrected chi connectivity index (χ2v) is 6.25. The third kappa shape index (κ3) is 2.01. The summed E-state index contributed by atoms with van der Waals surface area (Å²) in [4.78, 5) is 23.5. The Kier molecular flexibility index (Phi) is 4.40. The Labute approximate surface area is 111 Å². The summed E-state index contributed by atoms with van der Waals surface area (Å²) in [6, 6.07) is 0. The molecule has 1 fully saturated rings. The smallest absolute Gasteiger partial charge is 0.324 e. The molecular formula is C10H14Br2O4. The molecule has 0 unspecified atom stereocenters. The summed E-state index contributed by atoms with van der Waals surface area (Å²) in [6.45, 7) is 4.04. The fraction of sp³-hybridized carbons (Fsp3) is 0.800. The van der Waals surface area contributed by atoms with Crippen LogP contribution in [0, 0.1) is 0 Å². The van der Waals surface area contributed by atoms with E-state index >= 15 is 0 Å². The Morgan fingerprint density at radius 3 is 1.50 bits per heavy atom. The third-order valence-electron chi connectivity index (χ3n) is 2.64. The summed E-state index contributed by atoms with van der Waals surface area (Å²) in [5, 5.41) is 0. The molecule has 0 radical (unpaired) electrons. The van der Waals surface area contributed by atoms with Gasteiger partial charge in [0, 0.05) is 0 Å². The Balaban J connectivity index is 2.82. The van der Waals surface area contributed by atoms with Crippen molar-refractivity contribution >= 4 is 43.8 Å². The van der Waals surface area contributed by atoms with E-state index in [0.29, 0.717) is 12.8 Å². The molecule has 92 valence electrons. The zero-order chi connectivity index (χ0) is 12.4. The van der Waals surface area contributed by atoms with Crippen molar-refractivity contribution in [3.63, 3.8) is 0 Å². The predicted octanol–water partition coefficient (Wildman–Crippen LogP) is 2.17. The van der Waals surface area contributed by atoms with Crippen molar-refractivity contribution in [1.82, 2.24) is 0 Å². The number of hydrogen-bond acceptors (Lipinski definition) is 4. The molecule has 0 amide bonds. The molecule has 0 N–H and O–H groups in total. The summed E-state index contributed by atoms with van der Waals surface area (Å²) >= 11 is 6.61. The second kappa shape index (κ2) is 5.04. The largest absolute Gasteiger partial charge is 0.465 e. The number of halogens is 2. The van der Waals surface area contributed by atoms with E-state index in [1.54, 1.807) is 13.8 Å². The molecule has 1 rings (SSSR count). The van der Waals surface area contributed by atoms with Gasteiger partial charge in [0.2, 0.25) is 0 Å². The first-order valence-corrected chi connectivity index (χ1v) is 6.73. The van der Waals surface area contributed by atoms with E-state index in [0.717, 1.165) is 0 Å². The monoisotopic (exact) mass is 356 g/mol. The van der Waals surface area contributed by atoms with Crippen LogP contribution < -0.4 is 0 Å². The van der Waals surface area contributed by atoms with Gasteiger partial charge in [-0.1, -0.05) is 31.9 Å². The zero-order valence-corrected chi connectivity index (χ0v) is 12.4. The minimum Gasteiger partial charge on any atom is -0.465 e. The van der Waals surface area contributed by atoms with Gasteiger partial charge in [-0.2, -0.15) is 0 Å². The molecule has 0 spiro atoms. The lowest BCUT2D eigenvalue weighted by Gasteiger charge is -2.47. The highest BCUT2D eigenvalue weighted by Crippen LogP contribution is 2.56. The van der Waals surface area contributed by atoms with E-state index in [1.165, 1.54) is 0 Å². The average Bonchev–Trinajstić information content (AvgIpc) is 2.25. The summed E-state index contributed by atoms with van der Waals surface area (Å²) in [5.74, 6) is -0.850. The van der Waals surface area contributed by atoms with Gasteiger partial charge >= 0.3 is 11.9 Å². The molecule has 6 heteroatoms. The molecule has 0 bridgehead atoms. The fourth-order valence-corrected chi connectivity index (χ4v) is 2.93. The Morgan fingerprint density at radius 1 is 1.00 bits per heavy atom. The third-order valence-corrected chi connectivity index (χ3v) is 5.97. The highest BCUT2D eigenvalue weighted by atomic mass is 79.9. The van der Waals surface area contributed by atoms with Gasteiger partial charge in [0.15, 0.2) is 0 Å². The molecule has 0 heterocycles. The van der Waals surface area contributed by atoms with Crippen LogP contribution >= 0.6 is 31.9 Å². The van der Waals surface area contributed by atoms with E-state index in [4.69, 9.17) is 9.47 Å². The van der Waals surface area contributed by atoms with E-state index in [1.807, 2.05) is 0 Å². The van der Waals surface area contributed by atoms with Crippen LogP contribution in [0.4, 0.5) is 0 Å². The number of alkyl halides is 2. The summed E-state index contributed by atoms with van der Waals surface area (Å²) in [5.41, 5.74) is 0. The maximum absolute atomic E-state index is 11.8. The molecule has 16 heavy (non-hydrogen) atoms. The number of ether oxygens (including phenoxy) is 2. The molecule has 1 aliphatic carbocycles. The summed E-state index contributed by atoms with van der Waals surface area (Å²) < 4.78 is 7.90. The summed E-state index contributed by atoms with van der Waals surface area (Å²) in [6.07, 6.45) is 1.10. The average molecular weight is 358 g/mol.